The molecule has 2 heterocycles. The molecule has 0 saturated carbocycles. The summed E-state index contributed by atoms with van der Waals surface area (Å²) in [5.41, 5.74) is 3.34. The highest BCUT2D eigenvalue weighted by atomic mass is 32.2. The van der Waals surface area contributed by atoms with Crippen molar-refractivity contribution >= 4 is 53.8 Å². The highest BCUT2D eigenvalue weighted by Crippen LogP contribution is 2.54. The minimum Gasteiger partial charge on any atom is -0.308 e. The fraction of sp³-hybridized carbons (Fsp3) is 0. The summed E-state index contributed by atoms with van der Waals surface area (Å²) in [6.45, 7) is 0. The van der Waals surface area contributed by atoms with Gasteiger partial charge >= 0.3 is 0 Å². The van der Waals surface area contributed by atoms with Crippen LogP contribution in [0.3, 0.4) is 0 Å². The van der Waals surface area contributed by atoms with Crippen LogP contribution in [-0.4, -0.2) is 16.8 Å². The van der Waals surface area contributed by atoms with Crippen molar-refractivity contribution in [3.8, 4) is 0 Å². The number of sulfone groups is 2. The van der Waals surface area contributed by atoms with Gasteiger partial charge in [-0.15, -0.1) is 0 Å². The zero-order valence-electron chi connectivity index (χ0n) is 19.9. The normalized spacial score (nSPS) is 16.1. The van der Waals surface area contributed by atoms with Crippen molar-refractivity contribution in [2.24, 2.45) is 0 Å². The first-order chi connectivity index (χ1) is 18.4. The van der Waals surface area contributed by atoms with Gasteiger partial charge in [-0.3, -0.25) is 0 Å². The SMILES string of the molecule is O=S1(=O)c2ccccc2N(c2ccccc2)c2cc3c(cc21)S(=O)(=O)c1ccccc1N3c1ccccc1. The minimum absolute atomic E-state index is 0.0465. The van der Waals surface area contributed by atoms with Gasteiger partial charge in [-0.25, -0.2) is 16.8 Å². The Kier molecular flexibility index (Phi) is 4.82. The monoisotopic (exact) mass is 536 g/mol. The third-order valence-electron chi connectivity index (χ3n) is 6.92. The van der Waals surface area contributed by atoms with E-state index in [1.165, 1.54) is 6.07 Å². The zero-order valence-corrected chi connectivity index (χ0v) is 21.5. The van der Waals surface area contributed by atoms with Crippen LogP contribution < -0.4 is 9.80 Å². The van der Waals surface area contributed by atoms with E-state index in [0.29, 0.717) is 22.7 Å². The second kappa shape index (κ2) is 8.05. The van der Waals surface area contributed by atoms with Gasteiger partial charge in [-0.1, -0.05) is 60.7 Å². The Bertz CT molecular complexity index is 1820. The van der Waals surface area contributed by atoms with Crippen LogP contribution >= 0.6 is 0 Å². The first-order valence-electron chi connectivity index (χ1n) is 12.0. The van der Waals surface area contributed by atoms with Crippen molar-refractivity contribution in [3.63, 3.8) is 0 Å². The Balaban J connectivity index is 1.61. The van der Waals surface area contributed by atoms with Crippen molar-refractivity contribution in [2.45, 2.75) is 19.6 Å². The molecule has 0 radical (unpaired) electrons. The number of fused-ring (bicyclic) bond motifs is 4. The molecule has 5 aromatic rings. The molecule has 0 saturated heterocycles. The van der Waals surface area contributed by atoms with Gasteiger partial charge in [0.2, 0.25) is 19.7 Å². The summed E-state index contributed by atoms with van der Waals surface area (Å²) in [6.07, 6.45) is 0. The molecule has 0 aliphatic carbocycles. The van der Waals surface area contributed by atoms with E-state index in [1.54, 1.807) is 54.6 Å². The van der Waals surface area contributed by atoms with Crippen molar-refractivity contribution < 1.29 is 16.8 Å². The van der Waals surface area contributed by atoms with Crippen LogP contribution in [0.25, 0.3) is 0 Å². The maximum atomic E-state index is 13.9. The van der Waals surface area contributed by atoms with Gasteiger partial charge in [-0.05, 0) is 60.7 Å². The smallest absolute Gasteiger partial charge is 0.210 e. The molecule has 8 heteroatoms. The average Bonchev–Trinajstić information content (AvgIpc) is 2.94. The Morgan fingerprint density at radius 1 is 0.368 bits per heavy atom. The number of anilines is 6. The summed E-state index contributed by atoms with van der Waals surface area (Å²) in [4.78, 5) is 3.92. The highest BCUT2D eigenvalue weighted by molar-refractivity contribution is 7.92. The molecule has 2 aliphatic rings. The van der Waals surface area contributed by atoms with E-state index in [2.05, 4.69) is 0 Å². The highest BCUT2D eigenvalue weighted by Gasteiger charge is 2.41. The molecule has 0 aromatic heterocycles. The summed E-state index contributed by atoms with van der Waals surface area (Å²) in [5, 5.41) is 0. The fourth-order valence-corrected chi connectivity index (χ4v) is 8.59. The number of benzene rings is 5. The molecule has 0 unspecified atom stereocenters. The maximum Gasteiger partial charge on any atom is 0.210 e. The van der Waals surface area contributed by atoms with Crippen molar-refractivity contribution in [3.05, 3.63) is 121 Å². The molecule has 6 nitrogen and oxygen atoms in total. The second-order valence-electron chi connectivity index (χ2n) is 9.07. The predicted molar refractivity (Wildman–Crippen MR) is 147 cm³/mol. The molecule has 186 valence electrons. The molecule has 0 spiro atoms. The van der Waals surface area contributed by atoms with Crippen LogP contribution in [0.5, 0.6) is 0 Å². The molecule has 0 N–H and O–H groups in total. The van der Waals surface area contributed by atoms with Crippen LogP contribution in [0.4, 0.5) is 34.1 Å². The van der Waals surface area contributed by atoms with Gasteiger partial charge in [0.1, 0.15) is 0 Å². The number of nitrogens with zero attached hydrogens (tertiary/aromatic N) is 2. The molecule has 5 aromatic carbocycles. The zero-order chi connectivity index (χ0) is 26.1. The summed E-state index contributed by atoms with van der Waals surface area (Å²) in [6, 6.07) is 35.5. The van der Waals surface area contributed by atoms with E-state index in [0.717, 1.165) is 11.4 Å². The molecule has 0 atom stereocenters. The van der Waals surface area contributed by atoms with Gasteiger partial charge < -0.3 is 9.80 Å². The molecule has 7 rings (SSSR count). The fourth-order valence-electron chi connectivity index (χ4n) is 5.26. The molecule has 0 bridgehead atoms. The summed E-state index contributed by atoms with van der Waals surface area (Å²) < 4.78 is 55.7. The lowest BCUT2D eigenvalue weighted by atomic mass is 10.1. The standard InChI is InChI=1S/C30H20N2O4S2/c33-37(34)27-17-9-7-15-23(27)31(21-11-3-1-4-12-21)25-19-26-30(20-29(25)37)38(35,36)28-18-10-8-16-24(28)32(26)22-13-5-2-6-14-22/h1-20H. The van der Waals surface area contributed by atoms with E-state index < -0.39 is 19.7 Å². The Hall–Kier alpha value is -4.40. The number of para-hydroxylation sites is 4. The second-order valence-corrected chi connectivity index (χ2v) is 12.8. The van der Waals surface area contributed by atoms with Gasteiger partial charge in [-0.2, -0.15) is 0 Å². The average molecular weight is 537 g/mol. The van der Waals surface area contributed by atoms with Crippen LogP contribution in [-0.2, 0) is 19.7 Å². The quantitative estimate of drug-likeness (QED) is 0.239. The third-order valence-corrected chi connectivity index (χ3v) is 10.6. The summed E-state index contributed by atoms with van der Waals surface area (Å²) >= 11 is 0. The third kappa shape index (κ3) is 3.11. The van der Waals surface area contributed by atoms with Crippen molar-refractivity contribution in [2.75, 3.05) is 9.80 Å². The first kappa shape index (κ1) is 22.8. The van der Waals surface area contributed by atoms with E-state index in [4.69, 9.17) is 0 Å². The molecule has 2 aliphatic heterocycles. The van der Waals surface area contributed by atoms with Crippen molar-refractivity contribution in [1.29, 1.82) is 0 Å². The minimum atomic E-state index is -4.01. The van der Waals surface area contributed by atoms with E-state index in [1.807, 2.05) is 70.5 Å². The summed E-state index contributed by atoms with van der Waals surface area (Å²) in [7, 11) is -8.02. The van der Waals surface area contributed by atoms with Gasteiger partial charge in [0.05, 0.1) is 42.3 Å². The molecule has 0 fully saturated rings. The number of hydrogen-bond acceptors (Lipinski definition) is 6. The lowest BCUT2D eigenvalue weighted by Crippen LogP contribution is -2.26. The van der Waals surface area contributed by atoms with Crippen LogP contribution in [0.15, 0.2) is 141 Å². The predicted octanol–water partition coefficient (Wildman–Crippen LogP) is 6.92. The van der Waals surface area contributed by atoms with E-state index in [9.17, 15) is 16.8 Å². The lowest BCUT2D eigenvalue weighted by Gasteiger charge is -2.37. The topological polar surface area (TPSA) is 74.8 Å². The number of hydrogen-bond donors (Lipinski definition) is 0. The van der Waals surface area contributed by atoms with E-state index in [-0.39, 0.29) is 19.6 Å². The molecule has 0 amide bonds. The lowest BCUT2D eigenvalue weighted by molar-refractivity contribution is 0.592. The molecular weight excluding hydrogens is 516 g/mol. The number of rotatable bonds is 2. The van der Waals surface area contributed by atoms with Gasteiger partial charge in [0.15, 0.2) is 0 Å². The maximum absolute atomic E-state index is 13.9. The Morgan fingerprint density at radius 3 is 1.16 bits per heavy atom. The molecule has 38 heavy (non-hydrogen) atoms. The Morgan fingerprint density at radius 2 is 0.737 bits per heavy atom. The van der Waals surface area contributed by atoms with E-state index >= 15 is 0 Å². The largest absolute Gasteiger partial charge is 0.308 e. The first-order valence-corrected chi connectivity index (χ1v) is 14.9. The van der Waals surface area contributed by atoms with Crippen LogP contribution in [0.1, 0.15) is 0 Å². The van der Waals surface area contributed by atoms with Crippen LogP contribution in [0.2, 0.25) is 0 Å². The van der Waals surface area contributed by atoms with Crippen molar-refractivity contribution in [1.82, 2.24) is 0 Å². The van der Waals surface area contributed by atoms with Gasteiger partial charge in [0.25, 0.3) is 0 Å². The Labute approximate surface area is 220 Å². The van der Waals surface area contributed by atoms with Gasteiger partial charge in [0, 0.05) is 11.4 Å². The summed E-state index contributed by atoms with van der Waals surface area (Å²) in [5.74, 6) is 0. The van der Waals surface area contributed by atoms with Crippen LogP contribution in [0, 0.1) is 0 Å². The molecular formula is C30H20N2O4S2.